The van der Waals surface area contributed by atoms with E-state index in [1.54, 1.807) is 11.9 Å². The molecule has 7 heteroatoms. The fourth-order valence-corrected chi connectivity index (χ4v) is 2.93. The maximum atomic E-state index is 12.3. The summed E-state index contributed by atoms with van der Waals surface area (Å²) in [5.41, 5.74) is 2.28. The molecular formula is C19H21Cl3N2O2. The molecule has 4 nitrogen and oxygen atoms in total. The van der Waals surface area contributed by atoms with Crippen LogP contribution in [-0.4, -0.2) is 43.5 Å². The van der Waals surface area contributed by atoms with Gasteiger partial charge in [0.25, 0.3) is 5.91 Å². The minimum atomic E-state index is -0.162. The number of nitrogens with zero attached hydrogens (tertiary/aromatic N) is 2. The van der Waals surface area contributed by atoms with Gasteiger partial charge in [-0.1, -0.05) is 59.1 Å². The Bertz CT molecular complexity index is 764. The van der Waals surface area contributed by atoms with Crippen molar-refractivity contribution in [1.29, 1.82) is 0 Å². The molecule has 0 bridgehead atoms. The Hall–Kier alpha value is -1.46. The molecule has 0 atom stereocenters. The second kappa shape index (κ2) is 9.47. The molecule has 26 heavy (non-hydrogen) atoms. The van der Waals surface area contributed by atoms with E-state index >= 15 is 0 Å². The molecule has 140 valence electrons. The Labute approximate surface area is 169 Å². The Morgan fingerprint density at radius 1 is 0.885 bits per heavy atom. The second-order valence-corrected chi connectivity index (χ2v) is 7.51. The molecule has 1 amide bonds. The summed E-state index contributed by atoms with van der Waals surface area (Å²) in [5, 5.41) is 0.973. The third-order valence-electron chi connectivity index (χ3n) is 3.69. The smallest absolute Gasteiger partial charge is 0.260 e. The van der Waals surface area contributed by atoms with Gasteiger partial charge in [0.15, 0.2) is 6.61 Å². The summed E-state index contributed by atoms with van der Waals surface area (Å²) >= 11 is 17.9. The molecular weight excluding hydrogens is 395 g/mol. The van der Waals surface area contributed by atoms with E-state index in [-0.39, 0.29) is 12.5 Å². The standard InChI is InChI=1S/C19H21Cl3N2O2/c1-23(2)10-13-4-6-14(7-5-13)11-24(3)19(25)12-26-18-9-16(21)15(20)8-17(18)22/h4-9H,10-12H2,1-3H3. The summed E-state index contributed by atoms with van der Waals surface area (Å²) in [6.45, 7) is 1.25. The lowest BCUT2D eigenvalue weighted by Crippen LogP contribution is -2.31. The first-order chi connectivity index (χ1) is 12.3. The van der Waals surface area contributed by atoms with Crippen molar-refractivity contribution < 1.29 is 9.53 Å². The van der Waals surface area contributed by atoms with Gasteiger partial charge in [-0.15, -0.1) is 0 Å². The molecule has 0 saturated heterocycles. The minimum absolute atomic E-state index is 0.132. The number of likely N-dealkylation sites (N-methyl/N-ethyl adjacent to an activating group) is 1. The van der Waals surface area contributed by atoms with Crippen LogP contribution >= 0.6 is 34.8 Å². The van der Waals surface area contributed by atoms with E-state index in [0.29, 0.717) is 27.4 Å². The molecule has 0 fully saturated rings. The van der Waals surface area contributed by atoms with Gasteiger partial charge in [-0.25, -0.2) is 0 Å². The Balaban J connectivity index is 1.90. The summed E-state index contributed by atoms with van der Waals surface area (Å²) < 4.78 is 5.48. The number of ether oxygens (including phenoxy) is 1. The van der Waals surface area contributed by atoms with Crippen molar-refractivity contribution in [3.8, 4) is 5.75 Å². The topological polar surface area (TPSA) is 32.8 Å². The summed E-state index contributed by atoms with van der Waals surface area (Å²) in [6, 6.07) is 11.2. The van der Waals surface area contributed by atoms with E-state index in [0.717, 1.165) is 12.1 Å². The first kappa shape index (κ1) is 20.8. The highest BCUT2D eigenvalue weighted by Gasteiger charge is 2.13. The molecule has 2 rings (SSSR count). The number of hydrogen-bond acceptors (Lipinski definition) is 3. The van der Waals surface area contributed by atoms with Gasteiger partial charge in [0.2, 0.25) is 0 Å². The van der Waals surface area contributed by atoms with Gasteiger partial charge in [0.1, 0.15) is 5.75 Å². The number of hydrogen-bond donors (Lipinski definition) is 0. The van der Waals surface area contributed by atoms with Crippen molar-refractivity contribution in [2.45, 2.75) is 13.1 Å². The molecule has 0 saturated carbocycles. The zero-order valence-electron chi connectivity index (χ0n) is 14.9. The number of carbonyl (C=O) groups excluding carboxylic acids is 1. The first-order valence-corrected chi connectivity index (χ1v) is 9.13. The van der Waals surface area contributed by atoms with Crippen LogP contribution in [0.15, 0.2) is 36.4 Å². The normalized spacial score (nSPS) is 10.9. The maximum absolute atomic E-state index is 12.3. The van der Waals surface area contributed by atoms with Crippen molar-refractivity contribution in [2.75, 3.05) is 27.7 Å². The highest BCUT2D eigenvalue weighted by atomic mass is 35.5. The molecule has 0 N–H and O–H groups in total. The van der Waals surface area contributed by atoms with Gasteiger partial charge in [0.05, 0.1) is 15.1 Å². The van der Waals surface area contributed by atoms with Gasteiger partial charge < -0.3 is 14.5 Å². The number of rotatable bonds is 7. The monoisotopic (exact) mass is 414 g/mol. The molecule has 0 aliphatic heterocycles. The summed E-state index contributed by atoms with van der Waals surface area (Å²) in [4.78, 5) is 16.0. The van der Waals surface area contributed by atoms with Crippen molar-refractivity contribution in [1.82, 2.24) is 9.80 Å². The average molecular weight is 416 g/mol. The van der Waals surface area contributed by atoms with Gasteiger partial charge in [-0.2, -0.15) is 0 Å². The Kier molecular flexibility index (Phi) is 7.59. The fourth-order valence-electron chi connectivity index (χ4n) is 2.34. The van der Waals surface area contributed by atoms with Crippen LogP contribution in [0.5, 0.6) is 5.75 Å². The van der Waals surface area contributed by atoms with Gasteiger partial charge in [-0.3, -0.25) is 4.79 Å². The Morgan fingerprint density at radius 2 is 1.42 bits per heavy atom. The van der Waals surface area contributed by atoms with Crippen LogP contribution in [0.1, 0.15) is 11.1 Å². The van der Waals surface area contributed by atoms with E-state index < -0.39 is 0 Å². The summed E-state index contributed by atoms with van der Waals surface area (Å²) in [6.07, 6.45) is 0. The van der Waals surface area contributed by atoms with Crippen LogP contribution in [-0.2, 0) is 17.9 Å². The van der Waals surface area contributed by atoms with Crippen LogP contribution < -0.4 is 4.74 Å². The molecule has 0 heterocycles. The van der Waals surface area contributed by atoms with Gasteiger partial charge in [-0.05, 0) is 31.3 Å². The predicted molar refractivity (Wildman–Crippen MR) is 107 cm³/mol. The van der Waals surface area contributed by atoms with E-state index in [4.69, 9.17) is 39.5 Å². The SMILES string of the molecule is CN(C)Cc1ccc(CN(C)C(=O)COc2cc(Cl)c(Cl)cc2Cl)cc1. The van der Waals surface area contributed by atoms with Crippen molar-refractivity contribution in [3.05, 3.63) is 62.6 Å². The lowest BCUT2D eigenvalue weighted by molar-refractivity contribution is -0.132. The van der Waals surface area contributed by atoms with E-state index in [9.17, 15) is 4.79 Å². The second-order valence-electron chi connectivity index (χ2n) is 6.29. The molecule has 0 aliphatic rings. The Morgan fingerprint density at radius 3 is 2.00 bits per heavy atom. The van der Waals surface area contributed by atoms with Crippen molar-refractivity contribution in [3.63, 3.8) is 0 Å². The predicted octanol–water partition coefficient (Wildman–Crippen LogP) is 4.75. The van der Waals surface area contributed by atoms with Crippen LogP contribution in [0, 0.1) is 0 Å². The molecule has 0 aliphatic carbocycles. The van der Waals surface area contributed by atoms with E-state index in [1.807, 2.05) is 26.2 Å². The number of benzene rings is 2. The molecule has 0 spiro atoms. The number of amides is 1. The van der Waals surface area contributed by atoms with Crippen LogP contribution in [0.2, 0.25) is 15.1 Å². The average Bonchev–Trinajstić information content (AvgIpc) is 2.58. The zero-order chi connectivity index (χ0) is 19.3. The lowest BCUT2D eigenvalue weighted by atomic mass is 10.1. The number of carbonyl (C=O) groups is 1. The van der Waals surface area contributed by atoms with Crippen molar-refractivity contribution >= 4 is 40.7 Å². The van der Waals surface area contributed by atoms with E-state index in [2.05, 4.69) is 17.0 Å². The number of halogens is 3. The minimum Gasteiger partial charge on any atom is -0.482 e. The zero-order valence-corrected chi connectivity index (χ0v) is 17.2. The third kappa shape index (κ3) is 6.06. The highest BCUT2D eigenvalue weighted by Crippen LogP contribution is 2.33. The van der Waals surface area contributed by atoms with Gasteiger partial charge in [0, 0.05) is 26.2 Å². The molecule has 2 aromatic carbocycles. The molecule has 2 aromatic rings. The molecule has 0 radical (unpaired) electrons. The molecule has 0 aromatic heterocycles. The summed E-state index contributed by atoms with van der Waals surface area (Å²) in [7, 11) is 5.79. The maximum Gasteiger partial charge on any atom is 0.260 e. The third-order valence-corrected chi connectivity index (χ3v) is 4.71. The highest BCUT2D eigenvalue weighted by molar-refractivity contribution is 6.43. The van der Waals surface area contributed by atoms with Crippen LogP contribution in [0.25, 0.3) is 0 Å². The quantitative estimate of drug-likeness (QED) is 0.612. The first-order valence-electron chi connectivity index (χ1n) is 8.00. The summed E-state index contributed by atoms with van der Waals surface area (Å²) in [5.74, 6) is 0.167. The molecule has 0 unspecified atom stereocenters. The lowest BCUT2D eigenvalue weighted by Gasteiger charge is -2.18. The fraction of sp³-hybridized carbons (Fsp3) is 0.316. The van der Waals surface area contributed by atoms with Crippen LogP contribution in [0.4, 0.5) is 0 Å². The van der Waals surface area contributed by atoms with E-state index in [1.165, 1.54) is 17.7 Å². The largest absolute Gasteiger partial charge is 0.482 e. The van der Waals surface area contributed by atoms with Crippen LogP contribution in [0.3, 0.4) is 0 Å². The van der Waals surface area contributed by atoms with Crippen molar-refractivity contribution in [2.24, 2.45) is 0 Å². The van der Waals surface area contributed by atoms with Gasteiger partial charge >= 0.3 is 0 Å².